The number of carbonyl (C=O) groups is 1. The maximum absolute atomic E-state index is 11.2. The second kappa shape index (κ2) is 8.14. The number of nitrogens with zero attached hydrogens (tertiary/aromatic N) is 1. The molecule has 0 aromatic carbocycles. The highest BCUT2D eigenvalue weighted by molar-refractivity contribution is 5.69. The molecule has 1 aliphatic rings. The third kappa shape index (κ3) is 7.01. The lowest BCUT2D eigenvalue weighted by molar-refractivity contribution is -0.143. The van der Waals surface area contributed by atoms with Crippen molar-refractivity contribution in [3.05, 3.63) is 0 Å². The minimum absolute atomic E-state index is 0.146. The van der Waals surface area contributed by atoms with Crippen molar-refractivity contribution in [2.75, 3.05) is 26.2 Å². The Morgan fingerprint density at radius 1 is 1.24 bits per heavy atom. The Labute approximate surface area is 105 Å². The van der Waals surface area contributed by atoms with Crippen molar-refractivity contribution in [3.63, 3.8) is 0 Å². The van der Waals surface area contributed by atoms with E-state index in [1.54, 1.807) is 0 Å². The molecule has 3 nitrogen and oxygen atoms in total. The van der Waals surface area contributed by atoms with E-state index in [4.69, 9.17) is 4.74 Å². The summed E-state index contributed by atoms with van der Waals surface area (Å²) in [6, 6.07) is 0. The van der Waals surface area contributed by atoms with E-state index in [0.717, 1.165) is 19.6 Å². The number of esters is 1. The molecule has 0 aliphatic carbocycles. The van der Waals surface area contributed by atoms with E-state index < -0.39 is 0 Å². The Balaban J connectivity index is 2.07. The molecular weight excluding hydrogens is 214 g/mol. The minimum Gasteiger partial charge on any atom is -0.452 e. The van der Waals surface area contributed by atoms with Gasteiger partial charge in [0.25, 0.3) is 0 Å². The van der Waals surface area contributed by atoms with Gasteiger partial charge in [-0.25, -0.2) is 0 Å². The number of likely N-dealkylation sites (tertiary alicyclic amines) is 1. The van der Waals surface area contributed by atoms with Gasteiger partial charge in [-0.05, 0) is 31.8 Å². The molecule has 0 saturated carbocycles. The van der Waals surface area contributed by atoms with Crippen LogP contribution in [-0.4, -0.2) is 37.1 Å². The summed E-state index contributed by atoms with van der Waals surface area (Å²) >= 11 is 0. The topological polar surface area (TPSA) is 29.5 Å². The van der Waals surface area contributed by atoms with E-state index in [9.17, 15) is 4.79 Å². The number of hydrogen-bond donors (Lipinski definition) is 0. The molecule has 0 unspecified atom stereocenters. The summed E-state index contributed by atoms with van der Waals surface area (Å²) in [6.45, 7) is 7.36. The third-order valence-electron chi connectivity index (χ3n) is 2.76. The van der Waals surface area contributed by atoms with E-state index in [-0.39, 0.29) is 12.6 Å². The molecule has 3 heteroatoms. The van der Waals surface area contributed by atoms with Crippen molar-refractivity contribution in [2.45, 2.75) is 39.5 Å². The fourth-order valence-electron chi connectivity index (χ4n) is 1.85. The zero-order valence-corrected chi connectivity index (χ0v) is 11.0. The van der Waals surface area contributed by atoms with Crippen LogP contribution in [0.2, 0.25) is 0 Å². The first-order chi connectivity index (χ1) is 8.18. The van der Waals surface area contributed by atoms with Crippen molar-refractivity contribution in [1.82, 2.24) is 4.90 Å². The summed E-state index contributed by atoms with van der Waals surface area (Å²) < 4.78 is 5.01. The first-order valence-corrected chi connectivity index (χ1v) is 6.52. The van der Waals surface area contributed by atoms with Gasteiger partial charge in [-0.1, -0.05) is 32.1 Å². The molecule has 1 fully saturated rings. The third-order valence-corrected chi connectivity index (χ3v) is 2.76. The molecule has 0 aromatic heterocycles. The standard InChI is InChI=1S/C14H23NO2/c1-13(2)12-14(16)17-11-7-6-10-15-8-4-3-5-9-15/h13H,3-5,8-12H2,1-2H3. The van der Waals surface area contributed by atoms with E-state index in [0.29, 0.717) is 12.3 Å². The van der Waals surface area contributed by atoms with E-state index in [2.05, 4.69) is 16.7 Å². The smallest absolute Gasteiger partial charge is 0.307 e. The van der Waals surface area contributed by atoms with Crippen LogP contribution in [0, 0.1) is 17.8 Å². The fourth-order valence-corrected chi connectivity index (χ4v) is 1.85. The molecule has 0 amide bonds. The molecule has 0 bridgehead atoms. The van der Waals surface area contributed by atoms with E-state index >= 15 is 0 Å². The Bertz CT molecular complexity index is 282. The molecule has 1 saturated heterocycles. The second-order valence-electron chi connectivity index (χ2n) is 4.95. The first kappa shape index (κ1) is 14.1. The maximum Gasteiger partial charge on any atom is 0.307 e. The second-order valence-corrected chi connectivity index (χ2v) is 4.95. The summed E-state index contributed by atoms with van der Waals surface area (Å²) in [5.74, 6) is 6.17. The van der Waals surface area contributed by atoms with Crippen LogP contribution in [0.3, 0.4) is 0 Å². The highest BCUT2D eigenvalue weighted by Gasteiger charge is 2.07. The maximum atomic E-state index is 11.2. The van der Waals surface area contributed by atoms with Gasteiger partial charge >= 0.3 is 5.97 Å². The molecule has 0 radical (unpaired) electrons. The lowest BCUT2D eigenvalue weighted by Gasteiger charge is -2.23. The van der Waals surface area contributed by atoms with Crippen molar-refractivity contribution in [1.29, 1.82) is 0 Å². The van der Waals surface area contributed by atoms with Gasteiger partial charge in [0, 0.05) is 6.42 Å². The van der Waals surface area contributed by atoms with Gasteiger partial charge in [-0.3, -0.25) is 9.69 Å². The summed E-state index contributed by atoms with van der Waals surface area (Å²) in [6.07, 6.45) is 4.39. The molecular formula is C14H23NO2. The van der Waals surface area contributed by atoms with Gasteiger partial charge in [0.05, 0.1) is 6.54 Å². The molecule has 0 N–H and O–H groups in total. The molecule has 0 atom stereocenters. The Morgan fingerprint density at radius 3 is 2.59 bits per heavy atom. The van der Waals surface area contributed by atoms with Crippen LogP contribution in [0.25, 0.3) is 0 Å². The summed E-state index contributed by atoms with van der Waals surface area (Å²) in [5.41, 5.74) is 0. The van der Waals surface area contributed by atoms with Crippen molar-refractivity contribution >= 4 is 5.97 Å². The van der Waals surface area contributed by atoms with Crippen LogP contribution >= 0.6 is 0 Å². The number of ether oxygens (including phenoxy) is 1. The molecule has 0 spiro atoms. The quantitative estimate of drug-likeness (QED) is 0.554. The Morgan fingerprint density at radius 2 is 1.94 bits per heavy atom. The van der Waals surface area contributed by atoms with Crippen LogP contribution < -0.4 is 0 Å². The molecule has 1 aliphatic heterocycles. The number of carbonyl (C=O) groups excluding carboxylic acids is 1. The molecule has 96 valence electrons. The van der Waals surface area contributed by atoms with Gasteiger partial charge in [0.1, 0.15) is 0 Å². The van der Waals surface area contributed by atoms with Gasteiger partial charge in [0.2, 0.25) is 0 Å². The SMILES string of the molecule is CC(C)CC(=O)OCC#CCN1CCCCC1. The molecule has 17 heavy (non-hydrogen) atoms. The highest BCUT2D eigenvalue weighted by atomic mass is 16.5. The van der Waals surface area contributed by atoms with Crippen molar-refractivity contribution in [3.8, 4) is 11.8 Å². The largest absolute Gasteiger partial charge is 0.452 e. The average Bonchev–Trinajstić information content (AvgIpc) is 2.29. The van der Waals surface area contributed by atoms with Gasteiger partial charge < -0.3 is 4.74 Å². The van der Waals surface area contributed by atoms with Crippen LogP contribution in [0.15, 0.2) is 0 Å². The monoisotopic (exact) mass is 237 g/mol. The van der Waals surface area contributed by atoms with Crippen LogP contribution in [0.4, 0.5) is 0 Å². The lowest BCUT2D eigenvalue weighted by atomic mass is 10.1. The summed E-state index contributed by atoms with van der Waals surface area (Å²) in [7, 11) is 0. The fraction of sp³-hybridized carbons (Fsp3) is 0.786. The van der Waals surface area contributed by atoms with Crippen LogP contribution in [0.1, 0.15) is 39.5 Å². The predicted octanol–water partition coefficient (Wildman–Crippen LogP) is 2.06. The van der Waals surface area contributed by atoms with E-state index in [1.165, 1.54) is 19.3 Å². The van der Waals surface area contributed by atoms with Gasteiger partial charge in [0.15, 0.2) is 6.61 Å². The Kier molecular flexibility index (Phi) is 6.73. The van der Waals surface area contributed by atoms with Crippen molar-refractivity contribution in [2.24, 2.45) is 5.92 Å². The molecule has 1 heterocycles. The Hall–Kier alpha value is -1.01. The number of piperidine rings is 1. The van der Waals surface area contributed by atoms with Crippen molar-refractivity contribution < 1.29 is 9.53 Å². The predicted molar refractivity (Wildman–Crippen MR) is 68.5 cm³/mol. The van der Waals surface area contributed by atoms with Gasteiger partial charge in [-0.15, -0.1) is 0 Å². The van der Waals surface area contributed by atoms with Crippen LogP contribution in [0.5, 0.6) is 0 Å². The number of hydrogen-bond acceptors (Lipinski definition) is 3. The number of rotatable bonds is 4. The van der Waals surface area contributed by atoms with E-state index in [1.807, 2.05) is 13.8 Å². The normalized spacial score (nSPS) is 16.4. The molecule has 1 rings (SSSR count). The van der Waals surface area contributed by atoms with Gasteiger partial charge in [-0.2, -0.15) is 0 Å². The zero-order chi connectivity index (χ0) is 12.5. The minimum atomic E-state index is -0.146. The highest BCUT2D eigenvalue weighted by Crippen LogP contribution is 2.07. The average molecular weight is 237 g/mol. The zero-order valence-electron chi connectivity index (χ0n) is 11.0. The lowest BCUT2D eigenvalue weighted by Crippen LogP contribution is -2.29. The first-order valence-electron chi connectivity index (χ1n) is 6.52. The van der Waals surface area contributed by atoms with Crippen LogP contribution in [-0.2, 0) is 9.53 Å². The molecule has 0 aromatic rings. The summed E-state index contributed by atoms with van der Waals surface area (Å²) in [4.78, 5) is 13.6. The summed E-state index contributed by atoms with van der Waals surface area (Å²) in [5, 5.41) is 0.